The number of carbonyl (C=O) groups excluding carboxylic acids is 1. The van der Waals surface area contributed by atoms with Crippen molar-refractivity contribution in [1.82, 2.24) is 4.90 Å². The van der Waals surface area contributed by atoms with E-state index in [4.69, 9.17) is 25.8 Å². The number of rotatable bonds is 9. The Morgan fingerprint density at radius 2 is 1.87 bits per heavy atom. The Morgan fingerprint density at radius 3 is 2.50 bits per heavy atom. The molecule has 6 nitrogen and oxygen atoms in total. The zero-order chi connectivity index (χ0) is 21.7. The van der Waals surface area contributed by atoms with Crippen molar-refractivity contribution in [3.8, 4) is 11.5 Å². The lowest BCUT2D eigenvalue weighted by atomic mass is 9.99. The molecule has 0 atom stereocenters. The van der Waals surface area contributed by atoms with Crippen molar-refractivity contribution < 1.29 is 24.1 Å². The average molecular weight is 432 g/mol. The Balaban J connectivity index is 1.95. The highest BCUT2D eigenvalue weighted by atomic mass is 35.5. The van der Waals surface area contributed by atoms with Gasteiger partial charge in [0, 0.05) is 38.9 Å². The molecule has 1 N–H and O–H groups in total. The average Bonchev–Trinajstić information content (AvgIpc) is 3.03. The lowest BCUT2D eigenvalue weighted by molar-refractivity contribution is 0.101. The predicted molar refractivity (Wildman–Crippen MR) is 116 cm³/mol. The van der Waals surface area contributed by atoms with E-state index in [-0.39, 0.29) is 17.3 Å². The lowest BCUT2D eigenvalue weighted by Crippen LogP contribution is -2.30. The molecular weight excluding hydrogens is 406 g/mol. The van der Waals surface area contributed by atoms with Crippen LogP contribution in [0.3, 0.4) is 0 Å². The second-order valence-corrected chi connectivity index (χ2v) is 7.59. The summed E-state index contributed by atoms with van der Waals surface area (Å²) < 4.78 is 16.4. The molecule has 0 bridgehead atoms. The zero-order valence-electron chi connectivity index (χ0n) is 17.4. The second-order valence-electron chi connectivity index (χ2n) is 7.15. The van der Waals surface area contributed by atoms with E-state index in [2.05, 4.69) is 4.90 Å². The van der Waals surface area contributed by atoms with E-state index in [1.54, 1.807) is 45.4 Å². The third-order valence-electron chi connectivity index (χ3n) is 4.97. The maximum absolute atomic E-state index is 13.0. The van der Waals surface area contributed by atoms with E-state index in [9.17, 15) is 9.90 Å². The molecule has 0 saturated heterocycles. The number of allylic oxidation sites excluding steroid dienone is 1. The molecule has 7 heteroatoms. The van der Waals surface area contributed by atoms with Crippen molar-refractivity contribution in [2.75, 3.05) is 40.5 Å². The number of hydrogen-bond acceptors (Lipinski definition) is 6. The van der Waals surface area contributed by atoms with Crippen molar-refractivity contribution in [1.29, 1.82) is 0 Å². The van der Waals surface area contributed by atoms with Gasteiger partial charge < -0.3 is 19.3 Å². The van der Waals surface area contributed by atoms with Gasteiger partial charge in [0.05, 0.1) is 24.3 Å². The molecule has 30 heavy (non-hydrogen) atoms. The first-order chi connectivity index (χ1) is 14.4. The standard InChI is InChI=1S/C23H26ClNO5/c1-15-11-19(26)18(14-25(7-9-28-2)8-10-29-3)23-21(15)22(27)20(30-23)13-16-5-4-6-17(24)12-16/h4-6,11-13,26H,7-10,14H2,1-3H3/b20-13+. The number of methoxy groups -OCH3 is 2. The number of Topliss-reactive ketones (excluding diaryl/α,β-unsaturated/α-hetero) is 1. The molecule has 1 aliphatic heterocycles. The number of nitrogens with zero attached hydrogens (tertiary/aromatic N) is 1. The second kappa shape index (κ2) is 10.1. The summed E-state index contributed by atoms with van der Waals surface area (Å²) in [4.78, 5) is 15.1. The Labute approximate surface area is 181 Å². The first kappa shape index (κ1) is 22.3. The van der Waals surface area contributed by atoms with Crippen LogP contribution in [0.2, 0.25) is 5.02 Å². The molecule has 0 amide bonds. The highest BCUT2D eigenvalue weighted by Gasteiger charge is 2.33. The summed E-state index contributed by atoms with van der Waals surface area (Å²) in [6.45, 7) is 4.58. The molecule has 2 aromatic carbocycles. The van der Waals surface area contributed by atoms with E-state index < -0.39 is 0 Å². The van der Waals surface area contributed by atoms with Crippen molar-refractivity contribution in [3.63, 3.8) is 0 Å². The SMILES string of the molecule is COCCN(CCOC)Cc1c(O)cc(C)c2c1O/C(=C/c1cccc(Cl)c1)C2=O. The van der Waals surface area contributed by atoms with Crippen LogP contribution in [-0.4, -0.2) is 56.3 Å². The van der Waals surface area contributed by atoms with Crippen LogP contribution >= 0.6 is 11.6 Å². The summed E-state index contributed by atoms with van der Waals surface area (Å²) in [7, 11) is 3.29. The molecule has 3 rings (SSSR count). The fourth-order valence-corrected chi connectivity index (χ4v) is 3.61. The lowest BCUT2D eigenvalue weighted by Gasteiger charge is -2.23. The van der Waals surface area contributed by atoms with Crippen LogP contribution in [0.15, 0.2) is 36.1 Å². The van der Waals surface area contributed by atoms with Gasteiger partial charge in [-0.2, -0.15) is 0 Å². The van der Waals surface area contributed by atoms with Crippen LogP contribution < -0.4 is 4.74 Å². The maximum atomic E-state index is 13.0. The van der Waals surface area contributed by atoms with E-state index in [1.807, 2.05) is 12.1 Å². The normalized spacial score (nSPS) is 14.4. The quantitative estimate of drug-likeness (QED) is 0.604. The molecule has 0 radical (unpaired) electrons. The van der Waals surface area contributed by atoms with Crippen LogP contribution in [0.4, 0.5) is 0 Å². The molecule has 0 unspecified atom stereocenters. The monoisotopic (exact) mass is 431 g/mol. The van der Waals surface area contributed by atoms with Gasteiger partial charge in [-0.3, -0.25) is 9.69 Å². The number of aryl methyl sites for hydroxylation is 1. The minimum absolute atomic E-state index is 0.0999. The van der Waals surface area contributed by atoms with Crippen molar-refractivity contribution in [2.45, 2.75) is 13.5 Å². The van der Waals surface area contributed by atoms with Crippen LogP contribution in [0, 0.1) is 6.92 Å². The van der Waals surface area contributed by atoms with Gasteiger partial charge in [-0.15, -0.1) is 0 Å². The van der Waals surface area contributed by atoms with Gasteiger partial charge in [0.15, 0.2) is 5.76 Å². The van der Waals surface area contributed by atoms with Gasteiger partial charge in [-0.05, 0) is 42.3 Å². The zero-order valence-corrected chi connectivity index (χ0v) is 18.2. The van der Waals surface area contributed by atoms with Gasteiger partial charge in [-0.1, -0.05) is 23.7 Å². The fraction of sp³-hybridized carbons (Fsp3) is 0.348. The Bertz CT molecular complexity index is 949. The topological polar surface area (TPSA) is 68.2 Å². The van der Waals surface area contributed by atoms with Gasteiger partial charge in [0.1, 0.15) is 11.5 Å². The number of aromatic hydroxyl groups is 1. The Morgan fingerprint density at radius 1 is 1.17 bits per heavy atom. The number of hydrogen-bond donors (Lipinski definition) is 1. The van der Waals surface area contributed by atoms with Gasteiger partial charge in [0.25, 0.3) is 0 Å². The summed E-state index contributed by atoms with van der Waals surface area (Å²) in [6.07, 6.45) is 1.67. The molecule has 0 fully saturated rings. The minimum Gasteiger partial charge on any atom is -0.507 e. The molecule has 0 saturated carbocycles. The van der Waals surface area contributed by atoms with E-state index in [0.29, 0.717) is 60.3 Å². The minimum atomic E-state index is -0.205. The number of benzene rings is 2. The van der Waals surface area contributed by atoms with Crippen LogP contribution in [0.5, 0.6) is 11.5 Å². The van der Waals surface area contributed by atoms with E-state index in [0.717, 1.165) is 5.56 Å². The number of halogens is 1. The number of phenols is 1. The molecule has 1 aliphatic rings. The first-order valence-corrected chi connectivity index (χ1v) is 10.1. The highest BCUT2D eigenvalue weighted by molar-refractivity contribution is 6.30. The number of ketones is 1. The predicted octanol–water partition coefficient (Wildman–Crippen LogP) is 4.07. The van der Waals surface area contributed by atoms with Crippen LogP contribution in [0.1, 0.15) is 27.0 Å². The van der Waals surface area contributed by atoms with E-state index >= 15 is 0 Å². The van der Waals surface area contributed by atoms with Crippen molar-refractivity contribution in [3.05, 3.63) is 63.4 Å². The fourth-order valence-electron chi connectivity index (χ4n) is 3.41. The van der Waals surface area contributed by atoms with Crippen molar-refractivity contribution in [2.24, 2.45) is 0 Å². The number of ether oxygens (including phenoxy) is 3. The summed E-state index contributed by atoms with van der Waals surface area (Å²) in [5.74, 6) is 0.514. The maximum Gasteiger partial charge on any atom is 0.232 e. The molecule has 160 valence electrons. The number of fused-ring (bicyclic) bond motifs is 1. The third kappa shape index (κ3) is 5.02. The Kier molecular flexibility index (Phi) is 7.50. The van der Waals surface area contributed by atoms with Crippen molar-refractivity contribution >= 4 is 23.5 Å². The number of carbonyl (C=O) groups is 1. The number of phenolic OH excluding ortho intramolecular Hbond substituents is 1. The molecule has 0 aromatic heterocycles. The highest BCUT2D eigenvalue weighted by Crippen LogP contribution is 2.42. The van der Waals surface area contributed by atoms with Gasteiger partial charge >= 0.3 is 0 Å². The third-order valence-corrected chi connectivity index (χ3v) is 5.21. The summed E-state index contributed by atoms with van der Waals surface area (Å²) >= 11 is 6.05. The first-order valence-electron chi connectivity index (χ1n) is 9.70. The summed E-state index contributed by atoms with van der Waals surface area (Å²) in [5.41, 5.74) is 2.50. The van der Waals surface area contributed by atoms with Crippen LogP contribution in [-0.2, 0) is 16.0 Å². The molecule has 2 aromatic rings. The molecular formula is C23H26ClNO5. The molecule has 0 aliphatic carbocycles. The van der Waals surface area contributed by atoms with Gasteiger partial charge in [0.2, 0.25) is 5.78 Å². The van der Waals surface area contributed by atoms with Gasteiger partial charge in [-0.25, -0.2) is 0 Å². The Hall–Kier alpha value is -2.38. The summed E-state index contributed by atoms with van der Waals surface area (Å²) in [6, 6.07) is 8.80. The van der Waals surface area contributed by atoms with Crippen LogP contribution in [0.25, 0.3) is 6.08 Å². The molecule has 1 heterocycles. The van der Waals surface area contributed by atoms with E-state index in [1.165, 1.54) is 0 Å². The molecule has 0 spiro atoms. The summed E-state index contributed by atoms with van der Waals surface area (Å²) in [5, 5.41) is 11.2. The largest absolute Gasteiger partial charge is 0.507 e. The smallest absolute Gasteiger partial charge is 0.232 e.